The fourth-order valence-electron chi connectivity index (χ4n) is 3.24. The van der Waals surface area contributed by atoms with Crippen molar-refractivity contribution in [3.05, 3.63) is 71.9 Å². The highest BCUT2D eigenvalue weighted by atomic mass is 16.5. The van der Waals surface area contributed by atoms with Crippen molar-refractivity contribution < 1.29 is 24.2 Å². The highest BCUT2D eigenvalue weighted by Crippen LogP contribution is 2.18. The molecule has 5 N–H and O–H groups in total. The number of para-hydroxylation sites is 1. The van der Waals surface area contributed by atoms with E-state index >= 15 is 0 Å². The van der Waals surface area contributed by atoms with Gasteiger partial charge in [0, 0.05) is 23.5 Å². The summed E-state index contributed by atoms with van der Waals surface area (Å²) in [6, 6.07) is 14.6. The zero-order chi connectivity index (χ0) is 22.2. The van der Waals surface area contributed by atoms with E-state index in [1.54, 1.807) is 6.20 Å². The van der Waals surface area contributed by atoms with E-state index in [-0.39, 0.29) is 25.9 Å². The lowest BCUT2D eigenvalue weighted by Crippen LogP contribution is -2.49. The Morgan fingerprint density at radius 3 is 2.52 bits per heavy atom. The molecule has 1 heterocycles. The van der Waals surface area contributed by atoms with Crippen LogP contribution in [0.4, 0.5) is 0 Å². The third-order valence-corrected chi connectivity index (χ3v) is 4.95. The molecule has 8 heteroatoms. The molecule has 3 rings (SSSR count). The molecule has 0 bridgehead atoms. The average molecular weight is 423 g/mol. The normalized spacial score (nSPS) is 12.8. The number of H-pyrrole nitrogens is 1. The van der Waals surface area contributed by atoms with Gasteiger partial charge in [0.2, 0.25) is 5.91 Å². The highest BCUT2D eigenvalue weighted by Gasteiger charge is 2.25. The second-order valence-electron chi connectivity index (χ2n) is 7.25. The van der Waals surface area contributed by atoms with E-state index in [0.29, 0.717) is 0 Å². The van der Waals surface area contributed by atoms with Crippen molar-refractivity contribution in [3.63, 3.8) is 0 Å². The number of rotatable bonds is 10. The fraction of sp³-hybridized carbons (Fsp3) is 0.261. The van der Waals surface area contributed by atoms with Crippen molar-refractivity contribution in [1.29, 1.82) is 0 Å². The third-order valence-electron chi connectivity index (χ3n) is 4.95. The van der Waals surface area contributed by atoms with Crippen LogP contribution in [0.1, 0.15) is 24.0 Å². The number of nitrogens with one attached hydrogen (secondary N) is 2. The van der Waals surface area contributed by atoms with Crippen molar-refractivity contribution in [1.82, 2.24) is 10.3 Å². The van der Waals surface area contributed by atoms with Crippen LogP contribution in [0.2, 0.25) is 0 Å². The van der Waals surface area contributed by atoms with Gasteiger partial charge in [0.05, 0.1) is 6.04 Å². The first kappa shape index (κ1) is 22.0. The maximum Gasteiger partial charge on any atom is 0.326 e. The lowest BCUT2D eigenvalue weighted by Gasteiger charge is -2.17. The third kappa shape index (κ3) is 6.16. The van der Waals surface area contributed by atoms with Gasteiger partial charge in [0.15, 0.2) is 0 Å². The molecule has 1 amide bonds. The predicted molar refractivity (Wildman–Crippen MR) is 115 cm³/mol. The zero-order valence-corrected chi connectivity index (χ0v) is 16.9. The SMILES string of the molecule is N[C@@H](Cc1c[nH]c2ccccc12)C(=O)N[C@@H](CCC(=O)OCc1ccccc1)C(=O)O. The summed E-state index contributed by atoms with van der Waals surface area (Å²) in [6.07, 6.45) is 1.81. The largest absolute Gasteiger partial charge is 0.480 e. The summed E-state index contributed by atoms with van der Waals surface area (Å²) in [7, 11) is 0. The number of hydrogen-bond acceptors (Lipinski definition) is 5. The van der Waals surface area contributed by atoms with E-state index in [1.807, 2.05) is 54.6 Å². The molecule has 0 aliphatic heterocycles. The molecule has 0 unspecified atom stereocenters. The molecule has 0 spiro atoms. The standard InChI is InChI=1S/C23H25N3O5/c24-18(12-16-13-25-19-9-5-4-8-17(16)19)22(28)26-20(23(29)30)10-11-21(27)31-14-15-6-2-1-3-7-15/h1-9,13,18,20,25H,10-12,14,24H2,(H,26,28)(H,29,30)/t18-,20-/m0/s1. The number of aromatic amines is 1. The van der Waals surface area contributed by atoms with Crippen molar-refractivity contribution in [3.8, 4) is 0 Å². The van der Waals surface area contributed by atoms with Crippen LogP contribution >= 0.6 is 0 Å². The molecular weight excluding hydrogens is 398 g/mol. The van der Waals surface area contributed by atoms with Gasteiger partial charge in [-0.05, 0) is 30.0 Å². The number of hydrogen-bond donors (Lipinski definition) is 4. The van der Waals surface area contributed by atoms with Gasteiger partial charge < -0.3 is 25.9 Å². The lowest BCUT2D eigenvalue weighted by atomic mass is 10.0. The topological polar surface area (TPSA) is 135 Å². The molecule has 8 nitrogen and oxygen atoms in total. The number of aliphatic carboxylic acids is 1. The van der Waals surface area contributed by atoms with Crippen molar-refractivity contribution >= 4 is 28.7 Å². The summed E-state index contributed by atoms with van der Waals surface area (Å²) in [4.78, 5) is 39.0. The maximum absolute atomic E-state index is 12.4. The van der Waals surface area contributed by atoms with Gasteiger partial charge in [0.1, 0.15) is 12.6 Å². The summed E-state index contributed by atoms with van der Waals surface area (Å²) in [5.74, 6) is -2.36. The molecule has 162 valence electrons. The second kappa shape index (κ2) is 10.4. The smallest absolute Gasteiger partial charge is 0.326 e. The molecule has 2 atom stereocenters. The zero-order valence-electron chi connectivity index (χ0n) is 16.9. The molecule has 0 saturated carbocycles. The quantitative estimate of drug-likeness (QED) is 0.369. The Morgan fingerprint density at radius 2 is 1.77 bits per heavy atom. The van der Waals surface area contributed by atoms with Crippen LogP contribution in [-0.4, -0.2) is 40.0 Å². The molecule has 3 aromatic rings. The number of benzene rings is 2. The Balaban J connectivity index is 1.49. The molecule has 2 aromatic carbocycles. The van der Waals surface area contributed by atoms with Crippen LogP contribution in [0.25, 0.3) is 10.9 Å². The number of aromatic nitrogens is 1. The van der Waals surface area contributed by atoms with E-state index < -0.39 is 29.9 Å². The number of amides is 1. The van der Waals surface area contributed by atoms with Crippen LogP contribution in [0.3, 0.4) is 0 Å². The van der Waals surface area contributed by atoms with E-state index in [2.05, 4.69) is 10.3 Å². The van der Waals surface area contributed by atoms with E-state index in [4.69, 9.17) is 10.5 Å². The number of carboxylic acids is 1. The van der Waals surface area contributed by atoms with E-state index in [0.717, 1.165) is 22.0 Å². The average Bonchev–Trinajstić information content (AvgIpc) is 3.18. The molecule has 31 heavy (non-hydrogen) atoms. The van der Waals surface area contributed by atoms with Gasteiger partial charge in [0.25, 0.3) is 0 Å². The Labute approximate surface area is 179 Å². The predicted octanol–water partition coefficient (Wildman–Crippen LogP) is 2.13. The molecule has 1 aromatic heterocycles. The number of esters is 1. The number of fused-ring (bicyclic) bond motifs is 1. The number of carbonyl (C=O) groups is 3. The molecule has 0 fully saturated rings. The monoisotopic (exact) mass is 423 g/mol. The molecule has 0 aliphatic rings. The lowest BCUT2D eigenvalue weighted by molar-refractivity contribution is -0.146. The summed E-state index contributed by atoms with van der Waals surface area (Å²) < 4.78 is 5.15. The minimum atomic E-state index is -1.23. The molecule has 0 aliphatic carbocycles. The van der Waals surface area contributed by atoms with E-state index in [1.165, 1.54) is 0 Å². The summed E-state index contributed by atoms with van der Waals surface area (Å²) >= 11 is 0. The van der Waals surface area contributed by atoms with E-state index in [9.17, 15) is 19.5 Å². The summed E-state index contributed by atoms with van der Waals surface area (Å²) in [5, 5.41) is 12.8. The highest BCUT2D eigenvalue weighted by molar-refractivity contribution is 5.89. The number of nitrogens with two attached hydrogens (primary N) is 1. The Kier molecular flexibility index (Phi) is 7.40. The van der Waals surface area contributed by atoms with Gasteiger partial charge in [-0.15, -0.1) is 0 Å². The van der Waals surface area contributed by atoms with Crippen LogP contribution in [-0.2, 0) is 32.1 Å². The first-order valence-corrected chi connectivity index (χ1v) is 9.97. The summed E-state index contributed by atoms with van der Waals surface area (Å²) in [5.41, 5.74) is 8.64. The van der Waals surface area contributed by atoms with Crippen LogP contribution in [0.5, 0.6) is 0 Å². The number of carboxylic acid groups (broad SMARTS) is 1. The Hall–Kier alpha value is -3.65. The van der Waals surface area contributed by atoms with Crippen molar-refractivity contribution in [2.75, 3.05) is 0 Å². The Morgan fingerprint density at radius 1 is 1.06 bits per heavy atom. The van der Waals surface area contributed by atoms with Gasteiger partial charge in [-0.2, -0.15) is 0 Å². The molecule has 0 radical (unpaired) electrons. The molecular formula is C23H25N3O5. The maximum atomic E-state index is 12.4. The Bertz CT molecular complexity index is 1050. The minimum absolute atomic E-state index is 0.0888. The van der Waals surface area contributed by atoms with Crippen molar-refractivity contribution in [2.45, 2.75) is 38.0 Å². The van der Waals surface area contributed by atoms with Gasteiger partial charge in [-0.1, -0.05) is 48.5 Å². The number of ether oxygens (including phenoxy) is 1. The second-order valence-corrected chi connectivity index (χ2v) is 7.25. The van der Waals surface area contributed by atoms with Crippen molar-refractivity contribution in [2.24, 2.45) is 5.73 Å². The molecule has 0 saturated heterocycles. The summed E-state index contributed by atoms with van der Waals surface area (Å²) in [6.45, 7) is 0.110. The first-order chi connectivity index (χ1) is 14.9. The first-order valence-electron chi connectivity index (χ1n) is 9.97. The van der Waals surface area contributed by atoms with Crippen LogP contribution < -0.4 is 11.1 Å². The van der Waals surface area contributed by atoms with Gasteiger partial charge in [-0.3, -0.25) is 9.59 Å². The van der Waals surface area contributed by atoms with Gasteiger partial charge in [-0.25, -0.2) is 4.79 Å². The van der Waals surface area contributed by atoms with Gasteiger partial charge >= 0.3 is 11.9 Å². The minimum Gasteiger partial charge on any atom is -0.480 e. The van der Waals surface area contributed by atoms with Crippen LogP contribution in [0.15, 0.2) is 60.8 Å². The number of carbonyl (C=O) groups excluding carboxylic acids is 2. The van der Waals surface area contributed by atoms with Crippen LogP contribution in [0, 0.1) is 0 Å². The fourth-order valence-corrected chi connectivity index (χ4v) is 3.24.